The monoisotopic (exact) mass is 440 g/mol. The Hall–Kier alpha value is -3.15. The summed E-state index contributed by atoms with van der Waals surface area (Å²) in [6.45, 7) is 3.07. The fourth-order valence-electron chi connectivity index (χ4n) is 2.03. The Morgan fingerprint density at radius 1 is 1.34 bits per heavy atom. The van der Waals surface area contributed by atoms with E-state index in [1.807, 2.05) is 0 Å². The highest BCUT2D eigenvalue weighted by Gasteiger charge is 2.39. The van der Waals surface area contributed by atoms with Crippen LogP contribution in [0.2, 0.25) is 5.02 Å². The van der Waals surface area contributed by atoms with E-state index >= 15 is 0 Å². The first kappa shape index (κ1) is 22.1. The van der Waals surface area contributed by atoms with Crippen LogP contribution in [0.15, 0.2) is 29.6 Å². The van der Waals surface area contributed by atoms with Crippen LogP contribution < -0.4 is 15.0 Å². The van der Waals surface area contributed by atoms with Crippen LogP contribution in [-0.2, 0) is 10.9 Å². The summed E-state index contributed by atoms with van der Waals surface area (Å²) >= 11 is 5.75. The molecule has 0 atom stereocenters. The van der Waals surface area contributed by atoms with E-state index in [0.29, 0.717) is 12.1 Å². The molecular weight excluding hydrogens is 431 g/mol. The summed E-state index contributed by atoms with van der Waals surface area (Å²) in [4.78, 5) is 26.6. The lowest BCUT2D eigenvalue weighted by atomic mass is 10.2. The van der Waals surface area contributed by atoms with Gasteiger partial charge in [0.15, 0.2) is 11.4 Å². The van der Waals surface area contributed by atoms with Crippen LogP contribution in [0.3, 0.4) is 0 Å². The van der Waals surface area contributed by atoms with Crippen molar-refractivity contribution in [2.45, 2.75) is 6.18 Å². The molecule has 2 rings (SSSR count). The zero-order valence-electron chi connectivity index (χ0n) is 14.3. The summed E-state index contributed by atoms with van der Waals surface area (Å²) in [5, 5.41) is -0.450. The van der Waals surface area contributed by atoms with Crippen LogP contribution >= 0.6 is 11.6 Å². The number of aromatic nitrogens is 2. The Kier molecular flexibility index (Phi) is 6.47. The summed E-state index contributed by atoms with van der Waals surface area (Å²) in [6, 6.07) is 0.157. The van der Waals surface area contributed by atoms with Gasteiger partial charge in [0.25, 0.3) is 5.56 Å². The SMILES string of the molecule is C=CCOC(=O)Oc1cc(-n2c(OC)nc(C(F)(F)F)c(F)c2=O)c(F)cc1Cl. The third-order valence-electron chi connectivity index (χ3n) is 3.20. The lowest BCUT2D eigenvalue weighted by Gasteiger charge is -2.16. The molecule has 13 heteroatoms. The lowest BCUT2D eigenvalue weighted by molar-refractivity contribution is -0.144. The maximum Gasteiger partial charge on any atom is 0.514 e. The summed E-state index contributed by atoms with van der Waals surface area (Å²) in [5.41, 5.74) is -4.90. The standard InChI is InChI=1S/C16H10ClF5N2O5/c1-3-4-28-15(26)29-10-6-9(8(18)5-7(10)17)24-13(25)11(19)12(16(20,21)22)23-14(24)27-2/h3,5-6H,1,4H2,2H3. The Morgan fingerprint density at radius 3 is 2.55 bits per heavy atom. The van der Waals surface area contributed by atoms with Gasteiger partial charge in [0.1, 0.15) is 12.4 Å². The average molecular weight is 441 g/mol. The number of ether oxygens (including phenoxy) is 3. The van der Waals surface area contributed by atoms with Crippen molar-refractivity contribution in [3.05, 3.63) is 57.5 Å². The van der Waals surface area contributed by atoms with Gasteiger partial charge in [0.05, 0.1) is 17.8 Å². The van der Waals surface area contributed by atoms with Crippen LogP contribution in [0.25, 0.3) is 5.69 Å². The van der Waals surface area contributed by atoms with Gasteiger partial charge in [-0.25, -0.2) is 13.8 Å². The van der Waals surface area contributed by atoms with Crippen molar-refractivity contribution in [2.24, 2.45) is 0 Å². The van der Waals surface area contributed by atoms with Crippen molar-refractivity contribution in [1.82, 2.24) is 9.55 Å². The first-order valence-corrected chi connectivity index (χ1v) is 7.77. The quantitative estimate of drug-likeness (QED) is 0.304. The van der Waals surface area contributed by atoms with Gasteiger partial charge in [0.2, 0.25) is 5.82 Å². The summed E-state index contributed by atoms with van der Waals surface area (Å²) < 4.78 is 80.8. The molecule has 0 radical (unpaired) electrons. The van der Waals surface area contributed by atoms with Crippen LogP contribution in [0.5, 0.6) is 11.8 Å². The van der Waals surface area contributed by atoms with Gasteiger partial charge in [-0.2, -0.15) is 22.5 Å². The second kappa shape index (κ2) is 8.47. The maximum atomic E-state index is 14.4. The zero-order valence-corrected chi connectivity index (χ0v) is 15.1. The Morgan fingerprint density at radius 2 is 2.00 bits per heavy atom. The molecule has 0 N–H and O–H groups in total. The number of alkyl halides is 3. The van der Waals surface area contributed by atoms with E-state index in [9.17, 15) is 31.5 Å². The van der Waals surface area contributed by atoms with Crippen LogP contribution in [0.4, 0.5) is 26.7 Å². The zero-order chi connectivity index (χ0) is 21.9. The highest BCUT2D eigenvalue weighted by molar-refractivity contribution is 6.32. The Balaban J connectivity index is 2.67. The molecule has 1 heterocycles. The van der Waals surface area contributed by atoms with E-state index in [4.69, 9.17) is 16.3 Å². The number of benzene rings is 1. The highest BCUT2D eigenvalue weighted by Crippen LogP contribution is 2.33. The van der Waals surface area contributed by atoms with E-state index in [-0.39, 0.29) is 11.2 Å². The van der Waals surface area contributed by atoms with Gasteiger partial charge in [-0.3, -0.25) is 4.79 Å². The lowest BCUT2D eigenvalue weighted by Crippen LogP contribution is -2.29. The number of halogens is 6. The van der Waals surface area contributed by atoms with Crippen molar-refractivity contribution >= 4 is 17.8 Å². The molecule has 0 bridgehead atoms. The van der Waals surface area contributed by atoms with Crippen LogP contribution in [0.1, 0.15) is 5.69 Å². The topological polar surface area (TPSA) is 79.7 Å². The molecule has 7 nitrogen and oxygen atoms in total. The summed E-state index contributed by atoms with van der Waals surface area (Å²) in [6.07, 6.45) is -5.36. The predicted octanol–water partition coefficient (Wildman–Crippen LogP) is 3.89. The van der Waals surface area contributed by atoms with Crippen LogP contribution in [-0.4, -0.2) is 29.4 Å². The van der Waals surface area contributed by atoms with E-state index in [0.717, 1.165) is 7.11 Å². The molecule has 0 amide bonds. The number of methoxy groups -OCH3 is 1. The predicted molar refractivity (Wildman–Crippen MR) is 88.5 cm³/mol. The van der Waals surface area contributed by atoms with Crippen molar-refractivity contribution < 1.29 is 41.0 Å². The van der Waals surface area contributed by atoms with E-state index < -0.39 is 57.7 Å². The van der Waals surface area contributed by atoms with Gasteiger partial charge >= 0.3 is 18.3 Å². The molecule has 0 saturated heterocycles. The molecule has 0 saturated carbocycles. The number of carbonyl (C=O) groups is 1. The van der Waals surface area contributed by atoms with Crippen molar-refractivity contribution in [1.29, 1.82) is 0 Å². The fourth-order valence-corrected chi connectivity index (χ4v) is 2.22. The molecule has 29 heavy (non-hydrogen) atoms. The molecular formula is C16H10ClF5N2O5. The number of hydrogen-bond donors (Lipinski definition) is 0. The normalized spacial score (nSPS) is 11.1. The second-order valence-electron chi connectivity index (χ2n) is 5.09. The Labute approximate surface area is 163 Å². The first-order valence-electron chi connectivity index (χ1n) is 7.39. The van der Waals surface area contributed by atoms with Gasteiger partial charge in [0, 0.05) is 6.07 Å². The average Bonchev–Trinajstić information content (AvgIpc) is 2.63. The van der Waals surface area contributed by atoms with E-state index in [1.54, 1.807) is 0 Å². The van der Waals surface area contributed by atoms with E-state index in [1.165, 1.54) is 6.08 Å². The molecule has 2 aromatic rings. The van der Waals surface area contributed by atoms with Gasteiger partial charge in [-0.15, -0.1) is 0 Å². The molecule has 0 fully saturated rings. The molecule has 0 aliphatic rings. The van der Waals surface area contributed by atoms with Gasteiger partial charge in [-0.1, -0.05) is 24.3 Å². The molecule has 156 valence electrons. The number of nitrogens with zero attached hydrogens (tertiary/aromatic N) is 2. The minimum absolute atomic E-state index is 0.0815. The molecule has 1 aromatic heterocycles. The second-order valence-corrected chi connectivity index (χ2v) is 5.49. The third kappa shape index (κ3) is 4.65. The van der Waals surface area contributed by atoms with Crippen molar-refractivity contribution in [3.8, 4) is 17.4 Å². The van der Waals surface area contributed by atoms with Gasteiger partial charge < -0.3 is 14.2 Å². The Bertz CT molecular complexity index is 1020. The first-order chi connectivity index (χ1) is 13.5. The smallest absolute Gasteiger partial charge is 0.468 e. The highest BCUT2D eigenvalue weighted by atomic mass is 35.5. The molecule has 0 aliphatic heterocycles. The number of hydrogen-bond acceptors (Lipinski definition) is 6. The fraction of sp³-hybridized carbons (Fsp3) is 0.188. The molecule has 0 spiro atoms. The largest absolute Gasteiger partial charge is 0.514 e. The summed E-state index contributed by atoms with van der Waals surface area (Å²) in [5.74, 6) is -4.10. The third-order valence-corrected chi connectivity index (χ3v) is 3.50. The minimum Gasteiger partial charge on any atom is -0.468 e. The van der Waals surface area contributed by atoms with Gasteiger partial charge in [-0.05, 0) is 6.07 Å². The summed E-state index contributed by atoms with van der Waals surface area (Å²) in [7, 11) is 0.828. The molecule has 0 unspecified atom stereocenters. The molecule has 0 aliphatic carbocycles. The van der Waals surface area contributed by atoms with Crippen LogP contribution in [0, 0.1) is 11.6 Å². The van der Waals surface area contributed by atoms with Crippen molar-refractivity contribution in [3.63, 3.8) is 0 Å². The van der Waals surface area contributed by atoms with E-state index in [2.05, 4.69) is 21.0 Å². The number of carbonyl (C=O) groups excluding carboxylic acids is 1. The molecule has 1 aromatic carbocycles. The number of rotatable bonds is 5. The van der Waals surface area contributed by atoms with Crippen molar-refractivity contribution in [2.75, 3.05) is 13.7 Å². The maximum absolute atomic E-state index is 14.4. The minimum atomic E-state index is -5.31.